The van der Waals surface area contributed by atoms with E-state index in [-0.39, 0.29) is 11.6 Å². The summed E-state index contributed by atoms with van der Waals surface area (Å²) in [6.45, 7) is 2.81. The Bertz CT molecular complexity index is 1400. The fourth-order valence-electron chi connectivity index (χ4n) is 5.62. The van der Waals surface area contributed by atoms with Crippen LogP contribution in [0.3, 0.4) is 0 Å². The van der Waals surface area contributed by atoms with Crippen LogP contribution in [0.25, 0.3) is 33.1 Å². The third-order valence-electron chi connectivity index (χ3n) is 7.18. The molecule has 2 aliphatic heterocycles. The minimum atomic E-state index is -0.0732. The number of H-pyrrole nitrogens is 1. The average Bonchev–Trinajstić information content (AvgIpc) is 3.46. The third-order valence-corrected chi connectivity index (χ3v) is 7.58. The zero-order chi connectivity index (χ0) is 22.1. The number of anilines is 1. The normalized spacial score (nSPS) is 23.0. The van der Waals surface area contributed by atoms with Gasteiger partial charge in [0.25, 0.3) is 5.56 Å². The number of hydrogen-bond acceptors (Lipinski definition) is 5. The minimum Gasteiger partial charge on any atom is -0.345 e. The Morgan fingerprint density at radius 2 is 1.97 bits per heavy atom. The van der Waals surface area contributed by atoms with Crippen LogP contribution in [0.15, 0.2) is 29.3 Å². The summed E-state index contributed by atoms with van der Waals surface area (Å²) in [5.74, 6) is 0.723. The van der Waals surface area contributed by atoms with Crippen LogP contribution in [-0.2, 0) is 13.6 Å². The van der Waals surface area contributed by atoms with Gasteiger partial charge in [0, 0.05) is 60.6 Å². The van der Waals surface area contributed by atoms with Crippen molar-refractivity contribution >= 4 is 39.5 Å². The highest BCUT2D eigenvalue weighted by molar-refractivity contribution is 6.38. The highest BCUT2D eigenvalue weighted by Gasteiger charge is 2.41. The maximum absolute atomic E-state index is 13.6. The van der Waals surface area contributed by atoms with E-state index in [1.54, 1.807) is 4.57 Å². The minimum absolute atomic E-state index is 0.0732. The van der Waals surface area contributed by atoms with E-state index in [1.165, 1.54) is 0 Å². The first kappa shape index (κ1) is 19.8. The van der Waals surface area contributed by atoms with Gasteiger partial charge in [0.05, 0.1) is 15.9 Å². The third kappa shape index (κ3) is 2.75. The van der Waals surface area contributed by atoms with Crippen LogP contribution in [0, 0.1) is 0 Å². The second-order valence-electron chi connectivity index (χ2n) is 9.07. The van der Waals surface area contributed by atoms with Gasteiger partial charge >= 0.3 is 0 Å². The number of nitrogens with zero attached hydrogens (tertiary/aromatic N) is 5. The number of hydrogen-bond donors (Lipinski definition) is 2. The number of nitrogens with two attached hydrogens (primary N) is 1. The highest BCUT2D eigenvalue weighted by Crippen LogP contribution is 2.39. The first-order valence-corrected chi connectivity index (χ1v) is 11.6. The quantitative estimate of drug-likeness (QED) is 0.497. The summed E-state index contributed by atoms with van der Waals surface area (Å²) in [7, 11) is 1.81. The lowest BCUT2D eigenvalue weighted by Gasteiger charge is -2.38. The first-order chi connectivity index (χ1) is 15.5. The fourth-order valence-corrected chi connectivity index (χ4v) is 5.93. The molecule has 0 aliphatic carbocycles. The molecule has 0 unspecified atom stereocenters. The molecule has 2 aliphatic rings. The van der Waals surface area contributed by atoms with Gasteiger partial charge in [-0.1, -0.05) is 17.7 Å². The van der Waals surface area contributed by atoms with Crippen molar-refractivity contribution in [2.24, 2.45) is 12.8 Å². The molecule has 5 heterocycles. The summed E-state index contributed by atoms with van der Waals surface area (Å²) in [5.41, 5.74) is 9.17. The van der Waals surface area contributed by atoms with E-state index in [1.807, 2.05) is 43.2 Å². The molecule has 8 nitrogen and oxygen atoms in total. The van der Waals surface area contributed by atoms with Crippen molar-refractivity contribution in [3.63, 3.8) is 0 Å². The molecule has 0 saturated carbocycles. The van der Waals surface area contributed by atoms with E-state index in [4.69, 9.17) is 22.3 Å². The van der Waals surface area contributed by atoms with Crippen molar-refractivity contribution in [3.05, 3.63) is 39.9 Å². The van der Waals surface area contributed by atoms with Crippen LogP contribution < -0.4 is 16.2 Å². The molecule has 9 heteroatoms. The molecule has 4 aromatic rings. The van der Waals surface area contributed by atoms with Crippen molar-refractivity contribution < 1.29 is 0 Å². The van der Waals surface area contributed by atoms with Crippen LogP contribution in [0.5, 0.6) is 0 Å². The lowest BCUT2D eigenvalue weighted by atomic mass is 9.98. The van der Waals surface area contributed by atoms with E-state index >= 15 is 0 Å². The van der Waals surface area contributed by atoms with Crippen LogP contribution in [-0.4, -0.2) is 42.4 Å². The maximum atomic E-state index is 13.6. The summed E-state index contributed by atoms with van der Waals surface area (Å²) in [6.07, 6.45) is 7.87. The summed E-state index contributed by atoms with van der Waals surface area (Å²) in [4.78, 5) is 24.0. The Morgan fingerprint density at radius 3 is 2.69 bits per heavy atom. The monoisotopic (exact) mass is 451 g/mol. The number of aryl methyl sites for hydroxylation is 1. The number of piperidine rings is 1. The fraction of sp³-hybridized carbons (Fsp3) is 0.435. The predicted octanol–water partition coefficient (Wildman–Crippen LogP) is 3.41. The van der Waals surface area contributed by atoms with Crippen LogP contribution in [0.2, 0.25) is 5.02 Å². The molecule has 0 radical (unpaired) electrons. The average molecular weight is 452 g/mol. The van der Waals surface area contributed by atoms with E-state index in [0.29, 0.717) is 28.1 Å². The Morgan fingerprint density at radius 1 is 1.22 bits per heavy atom. The van der Waals surface area contributed by atoms with Gasteiger partial charge in [-0.05, 0) is 38.7 Å². The molecule has 3 aromatic heterocycles. The van der Waals surface area contributed by atoms with Gasteiger partial charge in [-0.2, -0.15) is 10.1 Å². The second-order valence-corrected chi connectivity index (χ2v) is 9.45. The maximum Gasteiger partial charge on any atom is 0.264 e. The molecule has 6 rings (SSSR count). The van der Waals surface area contributed by atoms with Crippen molar-refractivity contribution in [3.8, 4) is 11.1 Å². The topological polar surface area (TPSA) is 97.8 Å². The molecule has 2 bridgehead atoms. The molecule has 0 spiro atoms. The summed E-state index contributed by atoms with van der Waals surface area (Å²) >= 11 is 6.79. The SMILES string of the molecule is CCn1cc2c(Cl)c(-c3c[nH]c4nc(N5[C@@H]6CC[C@H]5C[C@H](N)C6)n(C)c(=O)c34)ccc2n1. The molecule has 2 fully saturated rings. The van der Waals surface area contributed by atoms with Gasteiger partial charge in [-0.15, -0.1) is 0 Å². The summed E-state index contributed by atoms with van der Waals surface area (Å²) in [5, 5.41) is 6.56. The van der Waals surface area contributed by atoms with Gasteiger partial charge in [0.2, 0.25) is 5.95 Å². The molecule has 166 valence electrons. The standard InChI is InChI=1S/C23H26ClN7O/c1-3-30-11-17-18(28-30)7-6-15(20(17)24)16-10-26-21-19(16)22(32)29(2)23(27-21)31-13-4-5-14(31)9-12(25)8-13/h6-7,10-14,26H,3-5,8-9,25H2,1-2H3/t12-,13-,14+. The molecule has 3 atom stereocenters. The molecule has 1 aromatic carbocycles. The lowest BCUT2D eigenvalue weighted by molar-refractivity contribution is 0.405. The van der Waals surface area contributed by atoms with Crippen LogP contribution in [0.4, 0.5) is 5.95 Å². The Hall–Kier alpha value is -2.84. The number of rotatable bonds is 3. The smallest absolute Gasteiger partial charge is 0.264 e. The van der Waals surface area contributed by atoms with E-state index in [9.17, 15) is 4.79 Å². The van der Waals surface area contributed by atoms with Crippen molar-refractivity contribution in [2.75, 3.05) is 4.90 Å². The van der Waals surface area contributed by atoms with E-state index in [2.05, 4.69) is 15.0 Å². The highest BCUT2D eigenvalue weighted by atomic mass is 35.5. The van der Waals surface area contributed by atoms with Gasteiger partial charge in [0.15, 0.2) is 0 Å². The van der Waals surface area contributed by atoms with Gasteiger partial charge < -0.3 is 15.6 Å². The predicted molar refractivity (Wildman–Crippen MR) is 127 cm³/mol. The number of halogens is 1. The zero-order valence-electron chi connectivity index (χ0n) is 18.2. The largest absolute Gasteiger partial charge is 0.345 e. The van der Waals surface area contributed by atoms with Gasteiger partial charge in [-0.3, -0.25) is 14.0 Å². The first-order valence-electron chi connectivity index (χ1n) is 11.2. The van der Waals surface area contributed by atoms with E-state index in [0.717, 1.165) is 60.2 Å². The summed E-state index contributed by atoms with van der Waals surface area (Å²) < 4.78 is 3.55. The van der Waals surface area contributed by atoms with Crippen molar-refractivity contribution in [1.82, 2.24) is 24.3 Å². The van der Waals surface area contributed by atoms with E-state index < -0.39 is 0 Å². The van der Waals surface area contributed by atoms with Crippen molar-refractivity contribution in [2.45, 2.75) is 57.3 Å². The van der Waals surface area contributed by atoms with Crippen LogP contribution in [0.1, 0.15) is 32.6 Å². The molecule has 0 amide bonds. The number of aromatic amines is 1. The Labute approximate surface area is 190 Å². The molecule has 2 saturated heterocycles. The Kier molecular flexibility index (Phi) is 4.39. The second kappa shape index (κ2) is 7.08. The number of nitrogens with one attached hydrogen (secondary N) is 1. The zero-order valence-corrected chi connectivity index (χ0v) is 18.9. The molecule has 32 heavy (non-hydrogen) atoms. The van der Waals surface area contributed by atoms with Gasteiger partial charge in [-0.25, -0.2) is 0 Å². The molecular formula is C23H26ClN7O. The molecular weight excluding hydrogens is 426 g/mol. The number of fused-ring (bicyclic) bond motifs is 4. The number of aromatic nitrogens is 5. The molecule has 3 N–H and O–H groups in total. The lowest BCUT2D eigenvalue weighted by Crippen LogP contribution is -2.49. The van der Waals surface area contributed by atoms with Crippen molar-refractivity contribution in [1.29, 1.82) is 0 Å². The number of benzene rings is 1. The van der Waals surface area contributed by atoms with Gasteiger partial charge in [0.1, 0.15) is 5.65 Å². The Balaban J connectivity index is 1.50. The summed E-state index contributed by atoms with van der Waals surface area (Å²) in [6, 6.07) is 4.81. The van der Waals surface area contributed by atoms with Crippen LogP contribution >= 0.6 is 11.6 Å².